The minimum absolute atomic E-state index is 0.0359. The first-order valence-electron chi connectivity index (χ1n) is 9.92. The summed E-state index contributed by atoms with van der Waals surface area (Å²) in [6, 6.07) is 0.0411. The fourth-order valence-corrected chi connectivity index (χ4v) is 4.19. The Labute approximate surface area is 151 Å². The van der Waals surface area contributed by atoms with Crippen molar-refractivity contribution in [3.05, 3.63) is 11.4 Å². The second-order valence-corrected chi connectivity index (χ2v) is 7.62. The first-order valence-corrected chi connectivity index (χ1v) is 9.92. The number of carbonyl (C=O) groups excluding carboxylic acids is 2. The van der Waals surface area contributed by atoms with Gasteiger partial charge in [-0.1, -0.05) is 12.8 Å². The summed E-state index contributed by atoms with van der Waals surface area (Å²) >= 11 is 0. The first kappa shape index (κ1) is 19.8. The van der Waals surface area contributed by atoms with Gasteiger partial charge in [0.2, 0.25) is 11.9 Å². The summed E-state index contributed by atoms with van der Waals surface area (Å²) in [6.07, 6.45) is 9.61. The number of ether oxygens (including phenoxy) is 1. The van der Waals surface area contributed by atoms with E-state index in [9.17, 15) is 9.59 Å². The maximum Gasteiger partial charge on any atom is 0.305 e. The van der Waals surface area contributed by atoms with Crippen molar-refractivity contribution in [2.24, 2.45) is 17.8 Å². The maximum atomic E-state index is 12.3. The van der Waals surface area contributed by atoms with Crippen molar-refractivity contribution in [2.45, 2.75) is 77.2 Å². The number of rotatable bonds is 7. The van der Waals surface area contributed by atoms with Gasteiger partial charge < -0.3 is 14.9 Å². The largest absolute Gasteiger partial charge is 0.466 e. The number of carbonyl (C=O) groups is 2. The molecule has 2 atom stereocenters. The molecule has 0 spiro atoms. The fourth-order valence-electron chi connectivity index (χ4n) is 4.19. The van der Waals surface area contributed by atoms with Crippen LogP contribution in [0, 0.1) is 24.3 Å². The van der Waals surface area contributed by atoms with Gasteiger partial charge in [0.25, 0.3) is 0 Å². The smallest absolute Gasteiger partial charge is 0.305 e. The third kappa shape index (κ3) is 6.68. The molecule has 0 aromatic rings. The van der Waals surface area contributed by atoms with Crippen molar-refractivity contribution in [1.82, 2.24) is 5.32 Å². The van der Waals surface area contributed by atoms with E-state index in [1.165, 1.54) is 0 Å². The molecule has 2 unspecified atom stereocenters. The molecule has 5 nitrogen and oxygen atoms in total. The van der Waals surface area contributed by atoms with Crippen LogP contribution in [0.5, 0.6) is 0 Å². The normalized spacial score (nSPS) is 29.4. The molecule has 2 rings (SSSR count). The zero-order chi connectivity index (χ0) is 18.1. The molecule has 0 aliphatic heterocycles. The van der Waals surface area contributed by atoms with Crippen LogP contribution in [0.3, 0.4) is 0 Å². The van der Waals surface area contributed by atoms with Crippen LogP contribution < -0.4 is 5.32 Å². The van der Waals surface area contributed by atoms with Crippen molar-refractivity contribution in [2.75, 3.05) is 13.2 Å². The SMILES string of the molecule is [C-]#[N+]C1CCCC(C(=O)NCC2CCC(CCC(=O)OCC)CC2)C1. The molecule has 0 radical (unpaired) electrons. The van der Waals surface area contributed by atoms with E-state index in [1.807, 2.05) is 6.92 Å². The molecule has 140 valence electrons. The Morgan fingerprint density at radius 2 is 1.84 bits per heavy atom. The van der Waals surface area contributed by atoms with Crippen molar-refractivity contribution >= 4 is 11.9 Å². The third-order valence-electron chi connectivity index (χ3n) is 5.79. The molecule has 25 heavy (non-hydrogen) atoms. The lowest BCUT2D eigenvalue weighted by Gasteiger charge is -2.29. The highest BCUT2D eigenvalue weighted by Gasteiger charge is 2.30. The average molecular weight is 348 g/mol. The van der Waals surface area contributed by atoms with Gasteiger partial charge in [-0.05, 0) is 50.9 Å². The maximum absolute atomic E-state index is 12.3. The first-order chi connectivity index (χ1) is 12.1. The molecule has 2 saturated carbocycles. The molecule has 5 heteroatoms. The van der Waals surface area contributed by atoms with E-state index in [4.69, 9.17) is 11.3 Å². The van der Waals surface area contributed by atoms with Gasteiger partial charge in [0, 0.05) is 31.7 Å². The molecule has 1 amide bonds. The Morgan fingerprint density at radius 1 is 1.12 bits per heavy atom. The molecule has 0 heterocycles. The van der Waals surface area contributed by atoms with E-state index in [0.29, 0.717) is 24.9 Å². The van der Waals surface area contributed by atoms with E-state index in [-0.39, 0.29) is 23.8 Å². The van der Waals surface area contributed by atoms with Gasteiger partial charge in [-0.15, -0.1) is 0 Å². The summed E-state index contributed by atoms with van der Waals surface area (Å²) < 4.78 is 4.99. The van der Waals surface area contributed by atoms with Crippen molar-refractivity contribution in [3.8, 4) is 0 Å². The number of nitrogens with one attached hydrogen (secondary N) is 1. The van der Waals surface area contributed by atoms with Crippen LogP contribution in [0.4, 0.5) is 0 Å². The molecule has 2 aliphatic rings. The lowest BCUT2D eigenvalue weighted by molar-refractivity contribution is -0.143. The summed E-state index contributed by atoms with van der Waals surface area (Å²) in [5, 5.41) is 3.13. The number of esters is 1. The monoisotopic (exact) mass is 348 g/mol. The van der Waals surface area contributed by atoms with Crippen LogP contribution in [0.15, 0.2) is 0 Å². The zero-order valence-electron chi connectivity index (χ0n) is 15.5. The molecule has 2 fully saturated rings. The van der Waals surface area contributed by atoms with Gasteiger partial charge >= 0.3 is 5.97 Å². The molecule has 2 aliphatic carbocycles. The van der Waals surface area contributed by atoms with Crippen LogP contribution in [-0.2, 0) is 14.3 Å². The van der Waals surface area contributed by atoms with Crippen LogP contribution in [0.2, 0.25) is 0 Å². The highest BCUT2D eigenvalue weighted by atomic mass is 16.5. The van der Waals surface area contributed by atoms with Crippen molar-refractivity contribution < 1.29 is 14.3 Å². The lowest BCUT2D eigenvalue weighted by atomic mass is 9.80. The topological polar surface area (TPSA) is 59.8 Å². The summed E-state index contributed by atoms with van der Waals surface area (Å²) in [7, 11) is 0. The fraction of sp³-hybridized carbons (Fsp3) is 0.850. The predicted octanol–water partition coefficient (Wildman–Crippen LogP) is 3.73. The molecule has 0 aromatic carbocycles. The third-order valence-corrected chi connectivity index (χ3v) is 5.79. The number of hydrogen-bond donors (Lipinski definition) is 1. The standard InChI is InChI=1S/C20H32N2O3/c1-3-25-19(23)12-11-15-7-9-16(10-8-15)14-22-20(24)17-5-4-6-18(13-17)21-2/h15-18H,3-14H2,1H3,(H,22,24). The molecule has 0 bridgehead atoms. The summed E-state index contributed by atoms with van der Waals surface area (Å²) in [6.45, 7) is 10.2. The number of hydrogen-bond acceptors (Lipinski definition) is 3. The zero-order valence-corrected chi connectivity index (χ0v) is 15.5. The summed E-state index contributed by atoms with van der Waals surface area (Å²) in [5.74, 6) is 1.28. The van der Waals surface area contributed by atoms with Crippen LogP contribution in [0.1, 0.15) is 71.1 Å². The Kier molecular flexibility index (Phi) is 8.24. The Morgan fingerprint density at radius 3 is 2.52 bits per heavy atom. The second kappa shape index (κ2) is 10.4. The van der Waals surface area contributed by atoms with E-state index >= 15 is 0 Å². The van der Waals surface area contributed by atoms with Crippen molar-refractivity contribution in [1.29, 1.82) is 0 Å². The molecule has 0 saturated heterocycles. The molecular formula is C20H32N2O3. The van der Waals surface area contributed by atoms with Gasteiger partial charge in [0.1, 0.15) is 0 Å². The van der Waals surface area contributed by atoms with Gasteiger partial charge in [-0.25, -0.2) is 6.57 Å². The van der Waals surface area contributed by atoms with Gasteiger partial charge in [-0.2, -0.15) is 0 Å². The highest BCUT2D eigenvalue weighted by Crippen LogP contribution is 2.32. The highest BCUT2D eigenvalue weighted by molar-refractivity contribution is 5.78. The second-order valence-electron chi connectivity index (χ2n) is 7.62. The van der Waals surface area contributed by atoms with Crippen LogP contribution in [-0.4, -0.2) is 31.1 Å². The van der Waals surface area contributed by atoms with E-state index in [1.54, 1.807) is 0 Å². The van der Waals surface area contributed by atoms with Crippen LogP contribution >= 0.6 is 0 Å². The van der Waals surface area contributed by atoms with Gasteiger partial charge in [-0.3, -0.25) is 9.59 Å². The quantitative estimate of drug-likeness (QED) is 0.563. The Balaban J connectivity index is 1.61. The van der Waals surface area contributed by atoms with Gasteiger partial charge in [0.15, 0.2) is 0 Å². The molecule has 1 N–H and O–H groups in total. The Hall–Kier alpha value is -1.57. The van der Waals surface area contributed by atoms with Crippen molar-refractivity contribution in [3.63, 3.8) is 0 Å². The van der Waals surface area contributed by atoms with Gasteiger partial charge in [0.05, 0.1) is 6.61 Å². The summed E-state index contributed by atoms with van der Waals surface area (Å²) in [4.78, 5) is 27.4. The van der Waals surface area contributed by atoms with E-state index < -0.39 is 0 Å². The van der Waals surface area contributed by atoms with E-state index in [0.717, 1.165) is 64.3 Å². The number of nitrogens with zero attached hydrogens (tertiary/aromatic N) is 1. The van der Waals surface area contributed by atoms with E-state index in [2.05, 4.69) is 10.2 Å². The summed E-state index contributed by atoms with van der Waals surface area (Å²) in [5.41, 5.74) is 0. The number of amides is 1. The Bertz CT molecular complexity index is 478. The molecular weight excluding hydrogens is 316 g/mol. The van der Waals surface area contributed by atoms with Crippen LogP contribution in [0.25, 0.3) is 4.85 Å². The lowest BCUT2D eigenvalue weighted by Crippen LogP contribution is -2.37. The minimum atomic E-state index is -0.0814. The predicted molar refractivity (Wildman–Crippen MR) is 96.7 cm³/mol. The molecule has 0 aromatic heterocycles. The average Bonchev–Trinajstić information content (AvgIpc) is 2.65. The minimum Gasteiger partial charge on any atom is -0.466 e.